The molecule has 2 saturated heterocycles. The van der Waals surface area contributed by atoms with Crippen molar-refractivity contribution in [3.63, 3.8) is 0 Å². The van der Waals surface area contributed by atoms with Crippen molar-refractivity contribution in [1.82, 2.24) is 29.5 Å². The molecule has 154 valence electrons. The first kappa shape index (κ1) is 18.4. The van der Waals surface area contributed by atoms with Crippen LogP contribution in [0, 0.1) is 0 Å². The van der Waals surface area contributed by atoms with Crippen molar-refractivity contribution >= 4 is 11.8 Å². The molecule has 2 aromatic rings. The summed E-state index contributed by atoms with van der Waals surface area (Å²) in [5.41, 5.74) is -0.131. The van der Waals surface area contributed by atoms with Gasteiger partial charge in [-0.2, -0.15) is 5.10 Å². The van der Waals surface area contributed by atoms with Gasteiger partial charge < -0.3 is 19.1 Å². The Morgan fingerprint density at radius 1 is 1.07 bits per heavy atom. The minimum atomic E-state index is -0.622. The quantitative estimate of drug-likeness (QED) is 0.819. The predicted molar refractivity (Wildman–Crippen MR) is 103 cm³/mol. The SMILES string of the molecule is O=C(c1ccn[nH]1)N1CCC2(CC1)OC(C(=O)N1CCCCC1)Cn1ccnc12. The Morgan fingerprint density at radius 3 is 2.59 bits per heavy atom. The lowest BCUT2D eigenvalue weighted by molar-refractivity contribution is -0.180. The largest absolute Gasteiger partial charge is 0.352 e. The van der Waals surface area contributed by atoms with Crippen LogP contribution >= 0.6 is 0 Å². The number of piperidine rings is 2. The van der Waals surface area contributed by atoms with Crippen molar-refractivity contribution in [3.8, 4) is 0 Å². The Labute approximate surface area is 169 Å². The summed E-state index contributed by atoms with van der Waals surface area (Å²) in [4.78, 5) is 34.1. The molecule has 2 fully saturated rings. The number of rotatable bonds is 2. The fourth-order valence-electron chi connectivity index (χ4n) is 4.80. The number of nitrogens with one attached hydrogen (secondary N) is 1. The number of nitrogens with zero attached hydrogens (tertiary/aromatic N) is 5. The average molecular weight is 398 g/mol. The first-order valence-electron chi connectivity index (χ1n) is 10.4. The van der Waals surface area contributed by atoms with Gasteiger partial charge in [0.05, 0.1) is 6.54 Å². The van der Waals surface area contributed by atoms with Gasteiger partial charge in [0, 0.05) is 57.6 Å². The molecule has 5 rings (SSSR count). The van der Waals surface area contributed by atoms with E-state index in [1.54, 1.807) is 18.5 Å². The molecule has 0 saturated carbocycles. The number of carbonyl (C=O) groups excluding carboxylic acids is 2. The first-order valence-corrected chi connectivity index (χ1v) is 10.4. The van der Waals surface area contributed by atoms with Gasteiger partial charge in [-0.25, -0.2) is 4.98 Å². The second kappa shape index (κ2) is 7.29. The zero-order chi connectivity index (χ0) is 19.8. The molecular weight excluding hydrogens is 372 g/mol. The molecule has 3 aliphatic rings. The highest BCUT2D eigenvalue weighted by molar-refractivity contribution is 5.92. The Balaban J connectivity index is 1.34. The second-order valence-corrected chi connectivity index (χ2v) is 8.15. The van der Waals surface area contributed by atoms with Crippen LogP contribution in [0.25, 0.3) is 0 Å². The normalized spacial score (nSPS) is 23.8. The molecule has 1 unspecified atom stereocenters. The van der Waals surface area contributed by atoms with Crippen LogP contribution in [0.5, 0.6) is 0 Å². The van der Waals surface area contributed by atoms with Gasteiger partial charge in [-0.3, -0.25) is 14.7 Å². The molecule has 0 aromatic carbocycles. The molecule has 0 aliphatic carbocycles. The topological polar surface area (TPSA) is 96.3 Å². The number of carbonyl (C=O) groups is 2. The summed E-state index contributed by atoms with van der Waals surface area (Å²) < 4.78 is 8.56. The maximum absolute atomic E-state index is 13.1. The third-order valence-electron chi connectivity index (χ3n) is 6.39. The highest BCUT2D eigenvalue weighted by Crippen LogP contribution is 2.40. The number of fused-ring (bicyclic) bond motifs is 2. The Hall–Kier alpha value is -2.68. The highest BCUT2D eigenvalue weighted by Gasteiger charge is 2.48. The van der Waals surface area contributed by atoms with Crippen LogP contribution in [0.3, 0.4) is 0 Å². The number of imidazole rings is 1. The molecule has 9 heteroatoms. The third-order valence-corrected chi connectivity index (χ3v) is 6.39. The molecule has 5 heterocycles. The molecule has 0 bridgehead atoms. The number of likely N-dealkylation sites (tertiary alicyclic amines) is 2. The van der Waals surface area contributed by atoms with Gasteiger partial charge in [-0.15, -0.1) is 0 Å². The van der Waals surface area contributed by atoms with E-state index in [9.17, 15) is 9.59 Å². The lowest BCUT2D eigenvalue weighted by Gasteiger charge is -2.46. The molecule has 9 nitrogen and oxygen atoms in total. The van der Waals surface area contributed by atoms with Crippen molar-refractivity contribution < 1.29 is 14.3 Å². The molecule has 3 aliphatic heterocycles. The third kappa shape index (κ3) is 3.23. The summed E-state index contributed by atoms with van der Waals surface area (Å²) in [6.07, 6.45) is 9.33. The fourth-order valence-corrected chi connectivity index (χ4v) is 4.80. The van der Waals surface area contributed by atoms with E-state index in [1.165, 1.54) is 6.42 Å². The maximum atomic E-state index is 13.1. The Bertz CT molecular complexity index is 878. The van der Waals surface area contributed by atoms with Gasteiger partial charge in [0.15, 0.2) is 6.10 Å². The zero-order valence-corrected chi connectivity index (χ0v) is 16.4. The molecule has 0 radical (unpaired) electrons. The number of aromatic amines is 1. The van der Waals surface area contributed by atoms with E-state index in [4.69, 9.17) is 4.74 Å². The maximum Gasteiger partial charge on any atom is 0.271 e. The zero-order valence-electron chi connectivity index (χ0n) is 16.4. The molecule has 1 spiro atoms. The fraction of sp³-hybridized carbons (Fsp3) is 0.600. The predicted octanol–water partition coefficient (Wildman–Crippen LogP) is 1.15. The smallest absolute Gasteiger partial charge is 0.271 e. The van der Waals surface area contributed by atoms with Crippen molar-refractivity contribution in [3.05, 3.63) is 36.2 Å². The van der Waals surface area contributed by atoms with Gasteiger partial charge in [-0.1, -0.05) is 0 Å². The van der Waals surface area contributed by atoms with Crippen LogP contribution in [0.15, 0.2) is 24.7 Å². The minimum absolute atomic E-state index is 0.0579. The van der Waals surface area contributed by atoms with Gasteiger partial charge in [0.2, 0.25) is 0 Å². The Kier molecular flexibility index (Phi) is 4.61. The summed E-state index contributed by atoms with van der Waals surface area (Å²) >= 11 is 0. The van der Waals surface area contributed by atoms with Crippen molar-refractivity contribution in [2.24, 2.45) is 0 Å². The van der Waals surface area contributed by atoms with Gasteiger partial charge >= 0.3 is 0 Å². The molecule has 2 aromatic heterocycles. The van der Waals surface area contributed by atoms with Crippen LogP contribution in [0.1, 0.15) is 48.4 Å². The number of ether oxygens (including phenoxy) is 1. The molecule has 2 amide bonds. The van der Waals surface area contributed by atoms with Gasteiger partial charge in [0.1, 0.15) is 17.1 Å². The van der Waals surface area contributed by atoms with E-state index in [2.05, 4.69) is 19.7 Å². The standard InChI is InChI=1S/C20H26N6O3/c27-17(15-4-7-22-23-15)25-11-5-20(6-12-25)19-21-8-13-26(19)14-16(29-20)18(28)24-9-2-1-3-10-24/h4,7-8,13,16H,1-3,5-6,9-12,14H2,(H,22,23). The van der Waals surface area contributed by atoms with Crippen LogP contribution in [-0.2, 0) is 21.7 Å². The molecule has 1 N–H and O–H groups in total. The number of amides is 2. The minimum Gasteiger partial charge on any atom is -0.352 e. The number of H-pyrrole nitrogens is 1. The molecule has 29 heavy (non-hydrogen) atoms. The molecular formula is C20H26N6O3. The van der Waals surface area contributed by atoms with Gasteiger partial charge in [0.25, 0.3) is 11.8 Å². The van der Waals surface area contributed by atoms with E-state index < -0.39 is 11.7 Å². The summed E-state index contributed by atoms with van der Waals surface area (Å²) in [5.74, 6) is 0.894. The number of hydrogen-bond acceptors (Lipinski definition) is 5. The number of aromatic nitrogens is 4. The van der Waals surface area contributed by atoms with Crippen LogP contribution in [0.2, 0.25) is 0 Å². The molecule has 1 atom stereocenters. The summed E-state index contributed by atoms with van der Waals surface area (Å²) in [5, 5.41) is 6.60. The van der Waals surface area contributed by atoms with Crippen molar-refractivity contribution in [2.75, 3.05) is 26.2 Å². The van der Waals surface area contributed by atoms with Crippen LogP contribution < -0.4 is 0 Å². The van der Waals surface area contributed by atoms with E-state index in [1.807, 2.05) is 16.0 Å². The van der Waals surface area contributed by atoms with E-state index in [0.29, 0.717) is 38.2 Å². The van der Waals surface area contributed by atoms with Crippen molar-refractivity contribution in [2.45, 2.75) is 50.4 Å². The van der Waals surface area contributed by atoms with Gasteiger partial charge in [-0.05, 0) is 25.3 Å². The van der Waals surface area contributed by atoms with Crippen LogP contribution in [-0.4, -0.2) is 73.6 Å². The number of hydrogen-bond donors (Lipinski definition) is 1. The van der Waals surface area contributed by atoms with E-state index in [0.717, 1.165) is 31.8 Å². The lowest BCUT2D eigenvalue weighted by Crippen LogP contribution is -2.55. The summed E-state index contributed by atoms with van der Waals surface area (Å²) in [7, 11) is 0. The van der Waals surface area contributed by atoms with Crippen LogP contribution in [0.4, 0.5) is 0 Å². The summed E-state index contributed by atoms with van der Waals surface area (Å²) in [6, 6.07) is 1.68. The first-order chi connectivity index (χ1) is 14.2. The second-order valence-electron chi connectivity index (χ2n) is 8.15. The summed E-state index contributed by atoms with van der Waals surface area (Å²) in [6.45, 7) is 3.23. The van der Waals surface area contributed by atoms with Crippen molar-refractivity contribution in [1.29, 1.82) is 0 Å². The highest BCUT2D eigenvalue weighted by atomic mass is 16.5. The van der Waals surface area contributed by atoms with E-state index >= 15 is 0 Å². The average Bonchev–Trinajstić information content (AvgIpc) is 3.46. The monoisotopic (exact) mass is 398 g/mol. The lowest BCUT2D eigenvalue weighted by atomic mass is 9.88. The Morgan fingerprint density at radius 2 is 1.86 bits per heavy atom. The van der Waals surface area contributed by atoms with E-state index in [-0.39, 0.29) is 11.8 Å².